The summed E-state index contributed by atoms with van der Waals surface area (Å²) in [4.78, 5) is 21.7. The van der Waals surface area contributed by atoms with Crippen LogP contribution in [0.2, 0.25) is 5.02 Å². The average Bonchev–Trinajstić information content (AvgIpc) is 2.29. The smallest absolute Gasteiger partial charge is 0.294 e. The van der Waals surface area contributed by atoms with Crippen LogP contribution < -0.4 is 5.32 Å². The zero-order chi connectivity index (χ0) is 13.0. The largest absolute Gasteiger partial charge is 0.372 e. The monoisotopic (exact) mass is 258 g/mol. The van der Waals surface area contributed by atoms with Crippen molar-refractivity contribution in [3.8, 4) is 0 Å². The maximum absolute atomic E-state index is 11.5. The number of ether oxygens (including phenoxy) is 1. The first kappa shape index (κ1) is 13.4. The predicted octanol–water partition coefficient (Wildman–Crippen LogP) is 2.22. The number of benzene rings is 1. The van der Waals surface area contributed by atoms with E-state index in [0.29, 0.717) is 0 Å². The molecule has 0 saturated heterocycles. The number of methoxy groups -OCH3 is 1. The lowest BCUT2D eigenvalue weighted by Gasteiger charge is -2.10. The van der Waals surface area contributed by atoms with Crippen molar-refractivity contribution in [2.24, 2.45) is 0 Å². The number of hydrogen-bond donors (Lipinski definition) is 1. The third-order valence-electron chi connectivity index (χ3n) is 2.14. The van der Waals surface area contributed by atoms with Gasteiger partial charge >= 0.3 is 0 Å². The molecule has 0 aromatic heterocycles. The SMILES string of the molecule is COC(C)C(=O)Nc1ccc(Cl)cc1[N+](=O)[O-]. The molecule has 1 atom stereocenters. The number of halogens is 1. The molecule has 0 aliphatic heterocycles. The molecule has 0 bridgehead atoms. The Labute approximate surface area is 103 Å². The topological polar surface area (TPSA) is 81.5 Å². The summed E-state index contributed by atoms with van der Waals surface area (Å²) in [5.74, 6) is -0.460. The van der Waals surface area contributed by atoms with Gasteiger partial charge in [0.25, 0.3) is 11.6 Å². The minimum Gasteiger partial charge on any atom is -0.372 e. The van der Waals surface area contributed by atoms with Crippen LogP contribution in [0.15, 0.2) is 18.2 Å². The van der Waals surface area contributed by atoms with Gasteiger partial charge in [0, 0.05) is 18.2 Å². The molecule has 1 amide bonds. The van der Waals surface area contributed by atoms with E-state index >= 15 is 0 Å². The predicted molar refractivity (Wildman–Crippen MR) is 63.2 cm³/mol. The standard InChI is InChI=1S/C10H11ClN2O4/c1-6(17-2)10(14)12-8-4-3-7(11)5-9(8)13(15)16/h3-6H,1-2H3,(H,12,14). The fourth-order valence-corrected chi connectivity index (χ4v) is 1.27. The van der Waals surface area contributed by atoms with Crippen molar-refractivity contribution in [2.75, 3.05) is 12.4 Å². The molecule has 1 aromatic rings. The van der Waals surface area contributed by atoms with E-state index < -0.39 is 16.9 Å². The molecule has 0 fully saturated rings. The molecule has 0 spiro atoms. The highest BCUT2D eigenvalue weighted by Gasteiger charge is 2.19. The lowest BCUT2D eigenvalue weighted by molar-refractivity contribution is -0.383. The van der Waals surface area contributed by atoms with Crippen molar-refractivity contribution in [2.45, 2.75) is 13.0 Å². The molecule has 92 valence electrons. The molecule has 0 aliphatic rings. The number of carbonyl (C=O) groups excluding carboxylic acids is 1. The Morgan fingerprint density at radius 1 is 1.59 bits per heavy atom. The summed E-state index contributed by atoms with van der Waals surface area (Å²) < 4.78 is 4.80. The molecule has 0 heterocycles. The van der Waals surface area contributed by atoms with Crippen LogP contribution >= 0.6 is 11.6 Å². The second kappa shape index (κ2) is 5.60. The maximum Gasteiger partial charge on any atom is 0.294 e. The zero-order valence-electron chi connectivity index (χ0n) is 9.27. The number of nitrogens with zero attached hydrogens (tertiary/aromatic N) is 1. The van der Waals surface area contributed by atoms with Crippen molar-refractivity contribution in [1.29, 1.82) is 0 Å². The molecule has 1 rings (SSSR count). The van der Waals surface area contributed by atoms with Gasteiger partial charge in [0.2, 0.25) is 0 Å². The van der Waals surface area contributed by atoms with E-state index in [9.17, 15) is 14.9 Å². The van der Waals surface area contributed by atoms with E-state index in [1.165, 1.54) is 32.2 Å². The molecule has 1 unspecified atom stereocenters. The average molecular weight is 259 g/mol. The molecule has 17 heavy (non-hydrogen) atoms. The van der Waals surface area contributed by atoms with Crippen LogP contribution in [0.5, 0.6) is 0 Å². The molecule has 0 radical (unpaired) electrons. The summed E-state index contributed by atoms with van der Waals surface area (Å²) in [6.07, 6.45) is -0.690. The Balaban J connectivity index is 2.98. The Bertz CT molecular complexity index is 450. The van der Waals surface area contributed by atoms with E-state index in [2.05, 4.69) is 5.32 Å². The van der Waals surface area contributed by atoms with Crippen LogP contribution in [0.3, 0.4) is 0 Å². The van der Waals surface area contributed by atoms with Crippen LogP contribution in [0.4, 0.5) is 11.4 Å². The highest BCUT2D eigenvalue weighted by atomic mass is 35.5. The van der Waals surface area contributed by atoms with Gasteiger partial charge in [-0.3, -0.25) is 14.9 Å². The maximum atomic E-state index is 11.5. The second-order valence-electron chi connectivity index (χ2n) is 3.29. The van der Waals surface area contributed by atoms with E-state index in [1.54, 1.807) is 0 Å². The van der Waals surface area contributed by atoms with Gasteiger partial charge in [-0.1, -0.05) is 11.6 Å². The molecule has 0 saturated carbocycles. The zero-order valence-corrected chi connectivity index (χ0v) is 10.0. The third kappa shape index (κ3) is 3.40. The van der Waals surface area contributed by atoms with Gasteiger partial charge in [0.15, 0.2) is 0 Å². The Kier molecular flexibility index (Phi) is 4.42. The first-order valence-corrected chi connectivity index (χ1v) is 5.11. The summed E-state index contributed by atoms with van der Waals surface area (Å²) in [7, 11) is 1.38. The fraction of sp³-hybridized carbons (Fsp3) is 0.300. The number of nitro groups is 1. The number of hydrogen-bond acceptors (Lipinski definition) is 4. The summed E-state index contributed by atoms with van der Waals surface area (Å²) in [5, 5.41) is 13.4. The second-order valence-corrected chi connectivity index (χ2v) is 3.72. The normalized spacial score (nSPS) is 11.9. The van der Waals surface area contributed by atoms with Crippen LogP contribution in [0.1, 0.15) is 6.92 Å². The van der Waals surface area contributed by atoms with Gasteiger partial charge in [0.1, 0.15) is 11.8 Å². The van der Waals surface area contributed by atoms with Crippen molar-refractivity contribution in [3.05, 3.63) is 33.3 Å². The van der Waals surface area contributed by atoms with Crippen LogP contribution in [-0.2, 0) is 9.53 Å². The van der Waals surface area contributed by atoms with Crippen LogP contribution in [0.25, 0.3) is 0 Å². The molecular weight excluding hydrogens is 248 g/mol. The Morgan fingerprint density at radius 2 is 2.24 bits per heavy atom. The van der Waals surface area contributed by atoms with Crippen molar-refractivity contribution < 1.29 is 14.5 Å². The highest BCUT2D eigenvalue weighted by molar-refractivity contribution is 6.31. The first-order valence-electron chi connectivity index (χ1n) is 4.73. The van der Waals surface area contributed by atoms with Crippen molar-refractivity contribution >= 4 is 28.9 Å². The summed E-state index contributed by atoms with van der Waals surface area (Å²) in [6.45, 7) is 1.54. The molecule has 6 nitrogen and oxygen atoms in total. The molecule has 1 N–H and O–H groups in total. The van der Waals surface area contributed by atoms with Gasteiger partial charge in [-0.15, -0.1) is 0 Å². The van der Waals surface area contributed by atoms with Gasteiger partial charge in [-0.05, 0) is 19.1 Å². The summed E-state index contributed by atoms with van der Waals surface area (Å²) in [5.41, 5.74) is -0.164. The molecule has 0 aliphatic carbocycles. The van der Waals surface area contributed by atoms with Crippen LogP contribution in [0, 0.1) is 10.1 Å². The van der Waals surface area contributed by atoms with E-state index in [1.807, 2.05) is 0 Å². The van der Waals surface area contributed by atoms with Crippen molar-refractivity contribution in [1.82, 2.24) is 0 Å². The quantitative estimate of drug-likeness (QED) is 0.663. The highest BCUT2D eigenvalue weighted by Crippen LogP contribution is 2.27. The van der Waals surface area contributed by atoms with E-state index in [0.717, 1.165) is 0 Å². The van der Waals surface area contributed by atoms with Crippen molar-refractivity contribution in [3.63, 3.8) is 0 Å². The van der Waals surface area contributed by atoms with Crippen LogP contribution in [-0.4, -0.2) is 24.0 Å². The molecule has 7 heteroatoms. The number of amides is 1. The molecular formula is C10H11ClN2O4. The minimum atomic E-state index is -0.690. The van der Waals surface area contributed by atoms with E-state index in [4.69, 9.17) is 16.3 Å². The minimum absolute atomic E-state index is 0.0910. The van der Waals surface area contributed by atoms with Gasteiger partial charge < -0.3 is 10.1 Å². The Morgan fingerprint density at radius 3 is 2.76 bits per heavy atom. The third-order valence-corrected chi connectivity index (χ3v) is 2.37. The number of rotatable bonds is 4. The fourth-order valence-electron chi connectivity index (χ4n) is 1.10. The number of anilines is 1. The van der Waals surface area contributed by atoms with Gasteiger partial charge in [0.05, 0.1) is 4.92 Å². The van der Waals surface area contributed by atoms with Gasteiger partial charge in [-0.2, -0.15) is 0 Å². The lowest BCUT2D eigenvalue weighted by atomic mass is 10.2. The van der Waals surface area contributed by atoms with Gasteiger partial charge in [-0.25, -0.2) is 0 Å². The van der Waals surface area contributed by atoms with E-state index in [-0.39, 0.29) is 16.4 Å². The first-order chi connectivity index (χ1) is 7.95. The summed E-state index contributed by atoms with van der Waals surface area (Å²) >= 11 is 5.65. The Hall–Kier alpha value is -1.66. The lowest BCUT2D eigenvalue weighted by Crippen LogP contribution is -2.26. The number of carbonyl (C=O) groups is 1. The number of nitrogens with one attached hydrogen (secondary N) is 1. The number of nitro benzene ring substituents is 1. The molecule has 1 aromatic carbocycles. The summed E-state index contributed by atoms with van der Waals surface area (Å²) in [6, 6.07) is 4.01.